The molecule has 0 amide bonds. The van der Waals surface area contributed by atoms with Crippen molar-refractivity contribution in [2.24, 2.45) is 0 Å². The van der Waals surface area contributed by atoms with Crippen LogP contribution in [0.15, 0.2) is 24.5 Å². The maximum atomic E-state index is 9.58. The Hall–Kier alpha value is -1.68. The van der Waals surface area contributed by atoms with E-state index >= 15 is 0 Å². The number of hydrogen-bond donors (Lipinski definition) is 2. The van der Waals surface area contributed by atoms with Crippen LogP contribution < -0.4 is 5.32 Å². The van der Waals surface area contributed by atoms with Crippen LogP contribution >= 0.6 is 0 Å². The fraction of sp³-hybridized carbons (Fsp3) is 0.385. The summed E-state index contributed by atoms with van der Waals surface area (Å²) in [7, 11) is 0. The molecule has 2 aromatic rings. The highest BCUT2D eigenvalue weighted by atomic mass is 16.3. The van der Waals surface area contributed by atoms with Crippen molar-refractivity contribution in [3.8, 4) is 5.75 Å². The van der Waals surface area contributed by atoms with Gasteiger partial charge in [-0.05, 0) is 37.6 Å². The number of piperidine rings is 1. The first-order chi connectivity index (χ1) is 8.34. The molecule has 0 saturated carbocycles. The van der Waals surface area contributed by atoms with E-state index in [2.05, 4.69) is 15.3 Å². The zero-order chi connectivity index (χ0) is 11.7. The van der Waals surface area contributed by atoms with E-state index in [1.165, 1.54) is 6.42 Å². The molecule has 0 spiro atoms. The number of hydrogen-bond acceptors (Lipinski definition) is 4. The van der Waals surface area contributed by atoms with Gasteiger partial charge in [-0.1, -0.05) is 0 Å². The van der Waals surface area contributed by atoms with Crippen LogP contribution in [-0.2, 0) is 0 Å². The summed E-state index contributed by atoms with van der Waals surface area (Å²) in [6.07, 6.45) is 3.94. The van der Waals surface area contributed by atoms with E-state index in [4.69, 9.17) is 0 Å². The predicted octanol–water partition coefficient (Wildman–Crippen LogP) is 1.80. The average Bonchev–Trinajstić information content (AvgIpc) is 2.39. The van der Waals surface area contributed by atoms with Crippen LogP contribution in [0.3, 0.4) is 0 Å². The standard InChI is InChI=1S/C13H15N3O/c17-10-3-4-12-11(6-10)13(16-8-15-12)9-2-1-5-14-7-9/h3-4,6,8-9,14,17H,1-2,5,7H2. The van der Waals surface area contributed by atoms with Gasteiger partial charge in [0.05, 0.1) is 11.2 Å². The minimum absolute atomic E-state index is 0.275. The molecule has 3 rings (SSSR count). The van der Waals surface area contributed by atoms with Gasteiger partial charge in [-0.3, -0.25) is 0 Å². The van der Waals surface area contributed by atoms with Gasteiger partial charge in [0.25, 0.3) is 0 Å². The van der Waals surface area contributed by atoms with Crippen LogP contribution in [0.25, 0.3) is 10.9 Å². The van der Waals surface area contributed by atoms with Gasteiger partial charge in [-0.25, -0.2) is 9.97 Å². The van der Waals surface area contributed by atoms with Crippen molar-refractivity contribution in [3.63, 3.8) is 0 Å². The van der Waals surface area contributed by atoms with E-state index in [0.717, 1.165) is 36.1 Å². The van der Waals surface area contributed by atoms with Crippen molar-refractivity contribution in [1.82, 2.24) is 15.3 Å². The minimum atomic E-state index is 0.275. The van der Waals surface area contributed by atoms with Gasteiger partial charge in [-0.15, -0.1) is 0 Å². The van der Waals surface area contributed by atoms with Gasteiger partial charge in [0.15, 0.2) is 0 Å². The van der Waals surface area contributed by atoms with Gasteiger partial charge in [-0.2, -0.15) is 0 Å². The maximum absolute atomic E-state index is 9.58. The molecule has 1 saturated heterocycles. The van der Waals surface area contributed by atoms with Crippen LogP contribution in [0.2, 0.25) is 0 Å². The van der Waals surface area contributed by atoms with Gasteiger partial charge in [0, 0.05) is 17.8 Å². The number of benzene rings is 1. The molecular formula is C13H15N3O. The van der Waals surface area contributed by atoms with Crippen molar-refractivity contribution in [3.05, 3.63) is 30.2 Å². The van der Waals surface area contributed by atoms with Crippen LogP contribution in [0, 0.1) is 0 Å². The SMILES string of the molecule is Oc1ccc2ncnc(C3CCCNC3)c2c1. The maximum Gasteiger partial charge on any atom is 0.116 e. The zero-order valence-electron chi connectivity index (χ0n) is 9.56. The summed E-state index contributed by atoms with van der Waals surface area (Å²) in [5.74, 6) is 0.702. The Morgan fingerprint density at radius 2 is 2.24 bits per heavy atom. The topological polar surface area (TPSA) is 58.0 Å². The molecule has 2 heterocycles. The van der Waals surface area contributed by atoms with Crippen LogP contribution in [0.4, 0.5) is 0 Å². The van der Waals surface area contributed by atoms with Crippen molar-refractivity contribution < 1.29 is 5.11 Å². The number of rotatable bonds is 1. The van der Waals surface area contributed by atoms with E-state index in [1.54, 1.807) is 18.5 Å². The Labute approximate surface area is 99.7 Å². The number of phenols is 1. The van der Waals surface area contributed by atoms with Gasteiger partial charge >= 0.3 is 0 Å². The van der Waals surface area contributed by atoms with Crippen LogP contribution in [0.1, 0.15) is 24.5 Å². The monoisotopic (exact) mass is 229 g/mol. The molecule has 88 valence electrons. The number of phenolic OH excluding ortho intramolecular Hbond substituents is 1. The molecule has 17 heavy (non-hydrogen) atoms. The first kappa shape index (κ1) is 10.5. The number of aromatic hydroxyl groups is 1. The third-order valence-electron chi connectivity index (χ3n) is 3.33. The summed E-state index contributed by atoms with van der Waals surface area (Å²) >= 11 is 0. The summed E-state index contributed by atoms with van der Waals surface area (Å²) in [6, 6.07) is 5.27. The Balaban J connectivity index is 2.11. The van der Waals surface area contributed by atoms with Crippen LogP contribution in [-0.4, -0.2) is 28.2 Å². The number of aromatic nitrogens is 2. The smallest absolute Gasteiger partial charge is 0.116 e. The fourth-order valence-corrected chi connectivity index (χ4v) is 2.48. The molecule has 1 aliphatic heterocycles. The molecule has 0 aliphatic carbocycles. The van der Waals surface area contributed by atoms with Crippen molar-refractivity contribution >= 4 is 10.9 Å². The molecular weight excluding hydrogens is 214 g/mol. The molecule has 0 radical (unpaired) electrons. The summed E-state index contributed by atoms with van der Waals surface area (Å²) in [5, 5.41) is 13.9. The fourth-order valence-electron chi connectivity index (χ4n) is 2.48. The molecule has 2 N–H and O–H groups in total. The molecule has 1 fully saturated rings. The average molecular weight is 229 g/mol. The third-order valence-corrected chi connectivity index (χ3v) is 3.33. The highest BCUT2D eigenvalue weighted by Crippen LogP contribution is 2.28. The lowest BCUT2D eigenvalue weighted by Crippen LogP contribution is -2.29. The molecule has 4 heteroatoms. The minimum Gasteiger partial charge on any atom is -0.508 e. The zero-order valence-corrected chi connectivity index (χ0v) is 9.56. The highest BCUT2D eigenvalue weighted by molar-refractivity contribution is 5.82. The summed E-state index contributed by atoms with van der Waals surface area (Å²) in [5.41, 5.74) is 1.96. The highest BCUT2D eigenvalue weighted by Gasteiger charge is 2.19. The summed E-state index contributed by atoms with van der Waals surface area (Å²) in [4.78, 5) is 8.64. The van der Waals surface area contributed by atoms with Crippen molar-refractivity contribution in [2.75, 3.05) is 13.1 Å². The summed E-state index contributed by atoms with van der Waals surface area (Å²) in [6.45, 7) is 2.05. The van der Waals surface area contributed by atoms with E-state index in [1.807, 2.05) is 6.07 Å². The molecule has 4 nitrogen and oxygen atoms in total. The summed E-state index contributed by atoms with van der Waals surface area (Å²) < 4.78 is 0. The Morgan fingerprint density at radius 3 is 3.06 bits per heavy atom. The van der Waals surface area contributed by atoms with Crippen LogP contribution in [0.5, 0.6) is 5.75 Å². The molecule has 1 aliphatic rings. The largest absolute Gasteiger partial charge is 0.508 e. The molecule has 1 aromatic carbocycles. The number of fused-ring (bicyclic) bond motifs is 1. The first-order valence-electron chi connectivity index (χ1n) is 5.99. The Morgan fingerprint density at radius 1 is 1.29 bits per heavy atom. The van der Waals surface area contributed by atoms with E-state index in [0.29, 0.717) is 5.92 Å². The number of nitrogens with zero attached hydrogens (tertiary/aromatic N) is 2. The van der Waals surface area contributed by atoms with E-state index in [9.17, 15) is 5.11 Å². The predicted molar refractivity (Wildman–Crippen MR) is 66.0 cm³/mol. The van der Waals surface area contributed by atoms with Gasteiger partial charge in [0.1, 0.15) is 12.1 Å². The van der Waals surface area contributed by atoms with Crippen molar-refractivity contribution in [1.29, 1.82) is 0 Å². The van der Waals surface area contributed by atoms with E-state index < -0.39 is 0 Å². The second-order valence-electron chi connectivity index (χ2n) is 4.50. The Kier molecular flexibility index (Phi) is 2.65. The normalized spacial score (nSPS) is 20.6. The van der Waals surface area contributed by atoms with Gasteiger partial charge in [0.2, 0.25) is 0 Å². The second kappa shape index (κ2) is 4.30. The van der Waals surface area contributed by atoms with E-state index in [-0.39, 0.29) is 5.75 Å². The second-order valence-corrected chi connectivity index (χ2v) is 4.50. The van der Waals surface area contributed by atoms with Gasteiger partial charge < -0.3 is 10.4 Å². The lowest BCUT2D eigenvalue weighted by molar-refractivity contribution is 0.456. The lowest BCUT2D eigenvalue weighted by atomic mass is 9.93. The molecule has 1 aromatic heterocycles. The lowest BCUT2D eigenvalue weighted by Gasteiger charge is -2.23. The molecule has 1 atom stereocenters. The number of nitrogens with one attached hydrogen (secondary N) is 1. The first-order valence-corrected chi connectivity index (χ1v) is 5.99. The Bertz CT molecular complexity index is 535. The van der Waals surface area contributed by atoms with Crippen molar-refractivity contribution in [2.45, 2.75) is 18.8 Å². The third kappa shape index (κ3) is 1.96. The molecule has 1 unspecified atom stereocenters. The quantitative estimate of drug-likeness (QED) is 0.783. The molecule has 0 bridgehead atoms.